The molecule has 1 rings (SSSR count). The van der Waals surface area contributed by atoms with Gasteiger partial charge >= 0.3 is 5.97 Å². The highest BCUT2D eigenvalue weighted by Crippen LogP contribution is 2.16. The molecule has 1 heterocycles. The molecular formula is C13H25NO4. The van der Waals surface area contributed by atoms with Crippen LogP contribution in [0.5, 0.6) is 0 Å². The first-order valence-electron chi connectivity index (χ1n) is 6.65. The van der Waals surface area contributed by atoms with Gasteiger partial charge in [-0.2, -0.15) is 0 Å². The van der Waals surface area contributed by atoms with E-state index in [9.17, 15) is 9.90 Å². The molecule has 0 aromatic carbocycles. The minimum Gasteiger partial charge on any atom is -0.481 e. The second-order valence-electron chi connectivity index (χ2n) is 5.62. The van der Waals surface area contributed by atoms with Gasteiger partial charge in [0.1, 0.15) is 0 Å². The smallest absolute Gasteiger partial charge is 0.305 e. The van der Waals surface area contributed by atoms with Crippen molar-refractivity contribution < 1.29 is 19.7 Å². The Kier molecular flexibility index (Phi) is 6.05. The average Bonchev–Trinajstić information content (AvgIpc) is 2.26. The van der Waals surface area contributed by atoms with Crippen LogP contribution in [0, 0.1) is 0 Å². The summed E-state index contributed by atoms with van der Waals surface area (Å²) in [6, 6.07) is 0. The highest BCUT2D eigenvalue weighted by molar-refractivity contribution is 5.66. The molecule has 0 saturated carbocycles. The summed E-state index contributed by atoms with van der Waals surface area (Å²) >= 11 is 0. The monoisotopic (exact) mass is 259 g/mol. The van der Waals surface area contributed by atoms with Crippen LogP contribution in [-0.4, -0.2) is 59.0 Å². The van der Waals surface area contributed by atoms with E-state index in [1.54, 1.807) is 0 Å². The number of carboxylic acid groups (broad SMARTS) is 1. The molecule has 0 aliphatic carbocycles. The number of hydrogen-bond acceptors (Lipinski definition) is 4. The number of rotatable bonds is 7. The predicted molar refractivity (Wildman–Crippen MR) is 68.6 cm³/mol. The number of ether oxygens (including phenoxy) is 1. The molecule has 0 aromatic rings. The number of hydrogen-bond donors (Lipinski definition) is 2. The molecule has 1 aliphatic rings. The van der Waals surface area contributed by atoms with Crippen molar-refractivity contribution in [1.82, 2.24) is 4.90 Å². The molecule has 0 bridgehead atoms. The molecule has 0 aromatic heterocycles. The normalized spacial score (nSPS) is 19.1. The quantitative estimate of drug-likeness (QED) is 0.716. The second kappa shape index (κ2) is 7.07. The Hall–Kier alpha value is -0.650. The summed E-state index contributed by atoms with van der Waals surface area (Å²) in [5.41, 5.74) is -0.602. The van der Waals surface area contributed by atoms with E-state index in [2.05, 4.69) is 4.90 Å². The average molecular weight is 259 g/mol. The molecule has 1 saturated heterocycles. The molecule has 0 amide bonds. The summed E-state index contributed by atoms with van der Waals surface area (Å²) in [5, 5.41) is 18.2. The fourth-order valence-corrected chi connectivity index (χ4v) is 2.04. The third kappa shape index (κ3) is 6.93. The van der Waals surface area contributed by atoms with E-state index in [0.29, 0.717) is 6.61 Å². The molecule has 5 nitrogen and oxygen atoms in total. The molecule has 0 spiro atoms. The van der Waals surface area contributed by atoms with Crippen molar-refractivity contribution >= 4 is 5.97 Å². The topological polar surface area (TPSA) is 70.0 Å². The van der Waals surface area contributed by atoms with E-state index in [-0.39, 0.29) is 12.5 Å². The molecule has 1 fully saturated rings. The predicted octanol–water partition coefficient (Wildman–Crippen LogP) is 1.10. The first-order chi connectivity index (χ1) is 8.37. The standard InChI is InChI=1S/C13H25NO4/c1-13(2,17)6-9-14-7-3-11(4-8-14)18-10-5-12(15)16/h11,17H,3-10H2,1-2H3,(H,15,16). The van der Waals surface area contributed by atoms with Crippen molar-refractivity contribution in [2.24, 2.45) is 0 Å². The Morgan fingerprint density at radius 2 is 2.00 bits per heavy atom. The SMILES string of the molecule is CC(C)(O)CCN1CCC(OCCC(=O)O)CC1. The van der Waals surface area contributed by atoms with Crippen molar-refractivity contribution in [3.8, 4) is 0 Å². The fourth-order valence-electron chi connectivity index (χ4n) is 2.04. The van der Waals surface area contributed by atoms with Crippen LogP contribution in [-0.2, 0) is 9.53 Å². The van der Waals surface area contributed by atoms with Crippen LogP contribution < -0.4 is 0 Å². The van der Waals surface area contributed by atoms with Crippen molar-refractivity contribution in [2.75, 3.05) is 26.2 Å². The van der Waals surface area contributed by atoms with Crippen molar-refractivity contribution in [3.63, 3.8) is 0 Å². The maximum atomic E-state index is 10.4. The Morgan fingerprint density at radius 3 is 2.50 bits per heavy atom. The van der Waals surface area contributed by atoms with Gasteiger partial charge in [-0.05, 0) is 33.1 Å². The van der Waals surface area contributed by atoms with Crippen LogP contribution in [0.15, 0.2) is 0 Å². The first-order valence-corrected chi connectivity index (χ1v) is 6.65. The van der Waals surface area contributed by atoms with Crippen molar-refractivity contribution in [3.05, 3.63) is 0 Å². The zero-order chi connectivity index (χ0) is 13.6. The molecule has 0 unspecified atom stereocenters. The van der Waals surface area contributed by atoms with E-state index in [1.807, 2.05) is 13.8 Å². The minimum absolute atomic E-state index is 0.0823. The highest BCUT2D eigenvalue weighted by Gasteiger charge is 2.21. The van der Waals surface area contributed by atoms with E-state index >= 15 is 0 Å². The first kappa shape index (κ1) is 15.4. The van der Waals surface area contributed by atoms with Crippen LogP contribution in [0.2, 0.25) is 0 Å². The number of piperidine rings is 1. The fraction of sp³-hybridized carbons (Fsp3) is 0.923. The molecule has 18 heavy (non-hydrogen) atoms. The summed E-state index contributed by atoms with van der Waals surface area (Å²) in [7, 11) is 0. The van der Waals surface area contributed by atoms with Gasteiger partial charge in [0, 0.05) is 19.6 Å². The van der Waals surface area contributed by atoms with Crippen LogP contribution in [0.3, 0.4) is 0 Å². The molecule has 106 valence electrons. The summed E-state index contributed by atoms with van der Waals surface area (Å²) in [5.74, 6) is -0.808. The van der Waals surface area contributed by atoms with Crippen LogP contribution >= 0.6 is 0 Å². The van der Waals surface area contributed by atoms with Gasteiger partial charge in [-0.25, -0.2) is 0 Å². The lowest BCUT2D eigenvalue weighted by atomic mass is 10.0. The van der Waals surface area contributed by atoms with Crippen LogP contribution in [0.4, 0.5) is 0 Å². The van der Waals surface area contributed by atoms with E-state index in [0.717, 1.165) is 38.9 Å². The Balaban J connectivity index is 2.11. The van der Waals surface area contributed by atoms with Gasteiger partial charge in [-0.3, -0.25) is 4.79 Å². The lowest BCUT2D eigenvalue weighted by Gasteiger charge is -2.33. The number of aliphatic carboxylic acids is 1. The Labute approximate surface area is 109 Å². The number of aliphatic hydroxyl groups is 1. The lowest BCUT2D eigenvalue weighted by molar-refractivity contribution is -0.138. The highest BCUT2D eigenvalue weighted by atomic mass is 16.5. The molecule has 1 aliphatic heterocycles. The molecular weight excluding hydrogens is 234 g/mol. The molecule has 0 radical (unpaired) electrons. The van der Waals surface area contributed by atoms with Crippen molar-refractivity contribution in [1.29, 1.82) is 0 Å². The van der Waals surface area contributed by atoms with Gasteiger partial charge in [0.2, 0.25) is 0 Å². The Morgan fingerprint density at radius 1 is 1.39 bits per heavy atom. The summed E-state index contributed by atoms with van der Waals surface area (Å²) < 4.78 is 5.53. The summed E-state index contributed by atoms with van der Waals surface area (Å²) in [4.78, 5) is 12.7. The minimum atomic E-state index is -0.808. The van der Waals surface area contributed by atoms with Crippen molar-refractivity contribution in [2.45, 2.75) is 51.2 Å². The van der Waals surface area contributed by atoms with Gasteiger partial charge in [0.05, 0.1) is 24.7 Å². The number of nitrogens with zero attached hydrogens (tertiary/aromatic N) is 1. The molecule has 5 heteroatoms. The maximum Gasteiger partial charge on any atom is 0.305 e. The van der Waals surface area contributed by atoms with Gasteiger partial charge in [-0.1, -0.05) is 0 Å². The zero-order valence-corrected chi connectivity index (χ0v) is 11.4. The summed E-state index contributed by atoms with van der Waals surface area (Å²) in [6.07, 6.45) is 2.95. The van der Waals surface area contributed by atoms with E-state index in [4.69, 9.17) is 9.84 Å². The number of likely N-dealkylation sites (tertiary alicyclic amines) is 1. The lowest BCUT2D eigenvalue weighted by Crippen LogP contribution is -2.39. The Bertz CT molecular complexity index is 254. The van der Waals surface area contributed by atoms with Gasteiger partial charge in [-0.15, -0.1) is 0 Å². The molecule has 2 N–H and O–H groups in total. The second-order valence-corrected chi connectivity index (χ2v) is 5.62. The zero-order valence-electron chi connectivity index (χ0n) is 11.4. The number of carboxylic acids is 1. The van der Waals surface area contributed by atoms with E-state index in [1.165, 1.54) is 0 Å². The maximum absolute atomic E-state index is 10.4. The number of carbonyl (C=O) groups is 1. The van der Waals surface area contributed by atoms with E-state index < -0.39 is 11.6 Å². The van der Waals surface area contributed by atoms with Gasteiger partial charge in [0.15, 0.2) is 0 Å². The van der Waals surface area contributed by atoms with Gasteiger partial charge in [0.25, 0.3) is 0 Å². The molecule has 0 atom stereocenters. The van der Waals surface area contributed by atoms with Crippen LogP contribution in [0.25, 0.3) is 0 Å². The largest absolute Gasteiger partial charge is 0.481 e. The third-order valence-corrected chi connectivity index (χ3v) is 3.24. The summed E-state index contributed by atoms with van der Waals surface area (Å²) in [6.45, 7) is 6.81. The van der Waals surface area contributed by atoms with Crippen LogP contribution in [0.1, 0.15) is 39.5 Å². The van der Waals surface area contributed by atoms with Gasteiger partial charge < -0.3 is 19.8 Å². The third-order valence-electron chi connectivity index (χ3n) is 3.24.